The van der Waals surface area contributed by atoms with E-state index in [0.717, 1.165) is 33.9 Å². The summed E-state index contributed by atoms with van der Waals surface area (Å²) in [6.45, 7) is 1.57. The highest BCUT2D eigenvalue weighted by atomic mass is 16.5. The first kappa shape index (κ1) is 25.4. The van der Waals surface area contributed by atoms with E-state index in [-0.39, 0.29) is 11.9 Å². The largest absolute Gasteiger partial charge is 0.496 e. The summed E-state index contributed by atoms with van der Waals surface area (Å²) < 4.78 is 12.0. The van der Waals surface area contributed by atoms with Crippen molar-refractivity contribution in [3.63, 3.8) is 0 Å². The van der Waals surface area contributed by atoms with Crippen molar-refractivity contribution >= 4 is 11.6 Å². The van der Waals surface area contributed by atoms with Gasteiger partial charge in [0.25, 0.3) is 0 Å². The average Bonchev–Trinajstić information content (AvgIpc) is 3.00. The van der Waals surface area contributed by atoms with Crippen LogP contribution in [0.4, 0.5) is 5.69 Å². The van der Waals surface area contributed by atoms with E-state index >= 15 is 0 Å². The number of aryl methyl sites for hydroxylation is 1. The van der Waals surface area contributed by atoms with Gasteiger partial charge >= 0.3 is 0 Å². The zero-order valence-corrected chi connectivity index (χ0v) is 21.8. The molecule has 5 nitrogen and oxygen atoms in total. The number of ether oxygens (including phenoxy) is 2. The minimum atomic E-state index is -0.137. The number of methoxy groups -OCH3 is 1. The van der Waals surface area contributed by atoms with Gasteiger partial charge in [-0.25, -0.2) is 0 Å². The van der Waals surface area contributed by atoms with E-state index in [1.165, 1.54) is 5.56 Å². The number of nitrogens with zero attached hydrogens (tertiary/aromatic N) is 1. The van der Waals surface area contributed by atoms with E-state index in [2.05, 4.69) is 35.6 Å². The molecule has 0 fully saturated rings. The summed E-state index contributed by atoms with van der Waals surface area (Å²) in [7, 11) is 1.67. The monoisotopic (exact) mass is 506 g/mol. The minimum Gasteiger partial charge on any atom is -0.496 e. The third-order valence-electron chi connectivity index (χ3n) is 7.11. The molecule has 1 heterocycles. The van der Waals surface area contributed by atoms with Crippen LogP contribution in [0.15, 0.2) is 103 Å². The van der Waals surface area contributed by atoms with Crippen LogP contribution in [-0.4, -0.2) is 30.6 Å². The second-order valence-electron chi connectivity index (χ2n) is 9.61. The normalized spacial score (nSPS) is 15.2. The van der Waals surface area contributed by atoms with Crippen LogP contribution in [0.2, 0.25) is 0 Å². The molecule has 1 atom stereocenters. The van der Waals surface area contributed by atoms with Crippen molar-refractivity contribution in [3.05, 3.63) is 125 Å². The number of hydrogen-bond donors (Lipinski definition) is 1. The molecule has 0 unspecified atom stereocenters. The second-order valence-corrected chi connectivity index (χ2v) is 9.61. The van der Waals surface area contributed by atoms with E-state index in [4.69, 9.17) is 9.47 Å². The van der Waals surface area contributed by atoms with E-state index < -0.39 is 0 Å². The van der Waals surface area contributed by atoms with Crippen molar-refractivity contribution in [2.45, 2.75) is 38.4 Å². The quantitative estimate of drug-likeness (QED) is 0.335. The number of fused-ring (bicyclic) bond motifs is 2. The van der Waals surface area contributed by atoms with Gasteiger partial charge in [-0.3, -0.25) is 4.79 Å². The lowest BCUT2D eigenvalue weighted by molar-refractivity contribution is -0.135. The maximum atomic E-state index is 14.0. The van der Waals surface area contributed by atoms with Crippen LogP contribution in [0.3, 0.4) is 0 Å². The highest BCUT2D eigenvalue weighted by Crippen LogP contribution is 2.27. The fourth-order valence-corrected chi connectivity index (χ4v) is 5.04. The molecule has 1 aliphatic rings. The van der Waals surface area contributed by atoms with Gasteiger partial charge in [0.2, 0.25) is 5.91 Å². The molecular formula is C33H34N2O3. The van der Waals surface area contributed by atoms with Crippen LogP contribution >= 0.6 is 0 Å². The molecule has 0 aromatic heterocycles. The van der Waals surface area contributed by atoms with Gasteiger partial charge in [-0.1, -0.05) is 84.9 Å². The number of amides is 1. The first-order valence-corrected chi connectivity index (χ1v) is 13.2. The summed E-state index contributed by atoms with van der Waals surface area (Å²) in [5.74, 6) is 1.76. The van der Waals surface area contributed by atoms with Gasteiger partial charge in [0.05, 0.1) is 13.2 Å². The molecular weight excluding hydrogens is 472 g/mol. The fourth-order valence-electron chi connectivity index (χ4n) is 5.04. The van der Waals surface area contributed by atoms with Gasteiger partial charge in [-0.05, 0) is 47.7 Å². The Kier molecular flexibility index (Phi) is 8.24. The molecule has 4 aromatic carbocycles. The molecule has 38 heavy (non-hydrogen) atoms. The molecule has 0 radical (unpaired) electrons. The molecule has 0 saturated carbocycles. The number of nitrogens with one attached hydrogen (secondary N) is 1. The SMILES string of the molecule is COc1ccccc1CCC(=O)N1Cc2ccccc2NCc2ccccc2OC[C@@H]1Cc1ccccc1. The number of rotatable bonds is 6. The Bertz CT molecular complexity index is 1360. The maximum absolute atomic E-state index is 14.0. The van der Waals surface area contributed by atoms with Crippen LogP contribution < -0.4 is 14.8 Å². The van der Waals surface area contributed by atoms with Crippen molar-refractivity contribution in [1.82, 2.24) is 4.90 Å². The first-order valence-electron chi connectivity index (χ1n) is 13.2. The lowest BCUT2D eigenvalue weighted by Crippen LogP contribution is -2.44. The molecule has 1 aliphatic heterocycles. The number of benzene rings is 4. The van der Waals surface area contributed by atoms with Crippen LogP contribution in [0.1, 0.15) is 28.7 Å². The first-order chi connectivity index (χ1) is 18.7. The molecule has 0 bridgehead atoms. The van der Waals surface area contributed by atoms with Crippen LogP contribution in [0, 0.1) is 0 Å². The summed E-state index contributed by atoms with van der Waals surface area (Å²) in [4.78, 5) is 16.0. The predicted molar refractivity (Wildman–Crippen MR) is 152 cm³/mol. The van der Waals surface area contributed by atoms with Gasteiger partial charge in [0.1, 0.15) is 18.1 Å². The lowest BCUT2D eigenvalue weighted by atomic mass is 10.0. The van der Waals surface area contributed by atoms with Gasteiger partial charge in [-0.2, -0.15) is 0 Å². The Morgan fingerprint density at radius 2 is 1.61 bits per heavy atom. The Labute approximate surface area is 225 Å². The van der Waals surface area contributed by atoms with Crippen molar-refractivity contribution in [1.29, 1.82) is 0 Å². The lowest BCUT2D eigenvalue weighted by Gasteiger charge is -2.33. The summed E-state index contributed by atoms with van der Waals surface area (Å²) in [6.07, 6.45) is 1.71. The van der Waals surface area contributed by atoms with Gasteiger partial charge in [-0.15, -0.1) is 0 Å². The molecule has 0 spiro atoms. The smallest absolute Gasteiger partial charge is 0.223 e. The van der Waals surface area contributed by atoms with Crippen molar-refractivity contribution in [2.75, 3.05) is 19.0 Å². The standard InChI is InChI=1S/C33H34N2O3/c1-37-31-17-9-6-13-26(31)19-20-33(36)35-23-28-15-5-8-16-30(28)34-22-27-14-7-10-18-32(27)38-24-29(35)21-25-11-3-2-4-12-25/h2-18,29,34H,19-24H2,1H3/t29-/m0/s1. The number of para-hydroxylation sites is 3. The second kappa shape index (κ2) is 12.3. The molecule has 4 aromatic rings. The topological polar surface area (TPSA) is 50.8 Å². The number of carbonyl (C=O) groups excluding carboxylic acids is 1. The Hall–Kier alpha value is -4.25. The maximum Gasteiger partial charge on any atom is 0.223 e. The Morgan fingerprint density at radius 1 is 0.895 bits per heavy atom. The van der Waals surface area contributed by atoms with Gasteiger partial charge in [0.15, 0.2) is 0 Å². The average molecular weight is 507 g/mol. The molecule has 1 N–H and O–H groups in total. The minimum absolute atomic E-state index is 0.0998. The van der Waals surface area contributed by atoms with E-state index in [9.17, 15) is 4.79 Å². The number of carbonyl (C=O) groups is 1. The zero-order chi connectivity index (χ0) is 26.2. The number of hydrogen-bond acceptors (Lipinski definition) is 4. The molecule has 194 valence electrons. The molecule has 0 saturated heterocycles. The third-order valence-corrected chi connectivity index (χ3v) is 7.11. The molecule has 5 rings (SSSR count). The Balaban J connectivity index is 1.49. The molecule has 0 aliphatic carbocycles. The van der Waals surface area contributed by atoms with E-state index in [1.54, 1.807) is 7.11 Å². The third kappa shape index (κ3) is 6.17. The fraction of sp³-hybridized carbons (Fsp3) is 0.242. The van der Waals surface area contributed by atoms with Crippen molar-refractivity contribution in [2.24, 2.45) is 0 Å². The van der Waals surface area contributed by atoms with Crippen LogP contribution in [-0.2, 0) is 30.7 Å². The summed E-state index contributed by atoms with van der Waals surface area (Å²) in [6, 6.07) is 34.5. The van der Waals surface area contributed by atoms with Crippen molar-refractivity contribution < 1.29 is 14.3 Å². The van der Waals surface area contributed by atoms with Crippen LogP contribution in [0.25, 0.3) is 0 Å². The zero-order valence-electron chi connectivity index (χ0n) is 21.8. The Morgan fingerprint density at radius 3 is 2.45 bits per heavy atom. The highest BCUT2D eigenvalue weighted by Gasteiger charge is 2.27. The molecule has 1 amide bonds. The van der Waals surface area contributed by atoms with Crippen molar-refractivity contribution in [3.8, 4) is 11.5 Å². The highest BCUT2D eigenvalue weighted by molar-refractivity contribution is 5.77. The van der Waals surface area contributed by atoms with Crippen LogP contribution in [0.5, 0.6) is 11.5 Å². The summed E-state index contributed by atoms with van der Waals surface area (Å²) in [5.41, 5.74) is 5.43. The number of anilines is 1. The van der Waals surface area contributed by atoms with Gasteiger partial charge < -0.3 is 19.7 Å². The van der Waals surface area contributed by atoms with E-state index in [1.807, 2.05) is 77.7 Å². The predicted octanol–water partition coefficient (Wildman–Crippen LogP) is 6.27. The summed E-state index contributed by atoms with van der Waals surface area (Å²) in [5, 5.41) is 3.58. The summed E-state index contributed by atoms with van der Waals surface area (Å²) >= 11 is 0. The van der Waals surface area contributed by atoms with E-state index in [0.29, 0.717) is 39.0 Å². The van der Waals surface area contributed by atoms with Gasteiger partial charge in [0, 0.05) is 30.8 Å². The molecule has 5 heteroatoms.